The largest absolute Gasteiger partial charge is 0.308 e. The smallest absolute Gasteiger partial charge is 0.0619 e. The molecule has 0 aliphatic carbocycles. The molecule has 11 aromatic carbocycles. The van der Waals surface area contributed by atoms with Gasteiger partial charge in [0.25, 0.3) is 0 Å². The number of aromatic nitrogens is 2. The number of fused-ring (bicyclic) bond motifs is 8. The molecule has 0 saturated heterocycles. The van der Waals surface area contributed by atoms with Crippen LogP contribution in [0.25, 0.3) is 126 Å². The van der Waals surface area contributed by atoms with E-state index in [1.165, 1.54) is 120 Å². The Morgan fingerprint density at radius 3 is 1.41 bits per heavy atom. The maximum Gasteiger partial charge on any atom is 0.0619 e. The van der Waals surface area contributed by atoms with Crippen molar-refractivity contribution in [2.45, 2.75) is 6.92 Å². The first-order valence-electron chi connectivity index (χ1n) is 21.8. The lowest BCUT2D eigenvalue weighted by molar-refractivity contribution is 1.17. The number of nitrogens with zero attached hydrogens (tertiary/aromatic N) is 2. The van der Waals surface area contributed by atoms with Gasteiger partial charge in [0.15, 0.2) is 0 Å². The fourth-order valence-electron chi connectivity index (χ4n) is 10.9. The summed E-state index contributed by atoms with van der Waals surface area (Å²) in [6, 6.07) is 72.1. The minimum Gasteiger partial charge on any atom is -0.308 e. The van der Waals surface area contributed by atoms with Crippen molar-refractivity contribution in [3.05, 3.63) is 224 Å². The van der Waals surface area contributed by atoms with Crippen molar-refractivity contribution in [2.75, 3.05) is 0 Å². The first kappa shape index (κ1) is 35.5. The van der Waals surface area contributed by atoms with Gasteiger partial charge in [-0.25, -0.2) is 0 Å². The molecule has 2 heteroatoms. The highest BCUT2D eigenvalue weighted by atomic mass is 15.0. The van der Waals surface area contributed by atoms with Crippen LogP contribution in [0, 0.1) is 6.92 Å². The molecule has 0 fully saturated rings. The molecule has 0 radical (unpaired) electrons. The molecule has 2 heterocycles. The third-order valence-electron chi connectivity index (χ3n) is 13.6. The second kappa shape index (κ2) is 13.7. The topological polar surface area (TPSA) is 9.86 Å². The van der Waals surface area contributed by atoms with Crippen molar-refractivity contribution in [3.8, 4) is 33.6 Å². The van der Waals surface area contributed by atoms with Crippen molar-refractivity contribution < 1.29 is 0 Å². The molecule has 0 N–H and O–H groups in total. The van der Waals surface area contributed by atoms with Crippen LogP contribution in [-0.2, 0) is 0 Å². The van der Waals surface area contributed by atoms with Crippen LogP contribution in [0.4, 0.5) is 0 Å². The average molecular weight is 801 g/mol. The Morgan fingerprint density at radius 1 is 0.349 bits per heavy atom. The number of benzene rings is 11. The van der Waals surface area contributed by atoms with Crippen molar-refractivity contribution in [1.29, 1.82) is 0 Å². The normalized spacial score (nSPS) is 12.2. The Bertz CT molecular complexity index is 4030. The van der Waals surface area contributed by atoms with Gasteiger partial charge in [-0.2, -0.15) is 0 Å². The van der Waals surface area contributed by atoms with E-state index in [1.807, 2.05) is 12.2 Å². The summed E-state index contributed by atoms with van der Waals surface area (Å²) in [6.45, 7) is 6.19. The Balaban J connectivity index is 1.11. The molecule has 63 heavy (non-hydrogen) atoms. The Hall–Kier alpha value is -8.20. The zero-order valence-electron chi connectivity index (χ0n) is 34.8. The van der Waals surface area contributed by atoms with Gasteiger partial charge in [0, 0.05) is 49.4 Å². The summed E-state index contributed by atoms with van der Waals surface area (Å²) in [4.78, 5) is 0. The number of hydrogen-bond acceptors (Lipinski definition) is 0. The molecule has 2 nitrogen and oxygen atoms in total. The van der Waals surface area contributed by atoms with Crippen LogP contribution in [0.5, 0.6) is 0 Å². The average Bonchev–Trinajstić information content (AvgIpc) is 3.88. The van der Waals surface area contributed by atoms with E-state index in [4.69, 9.17) is 0 Å². The second-order valence-corrected chi connectivity index (χ2v) is 16.8. The molecule has 0 bridgehead atoms. The highest BCUT2D eigenvalue weighted by Crippen LogP contribution is 2.48. The molecule has 0 atom stereocenters. The zero-order chi connectivity index (χ0) is 41.8. The predicted molar refractivity (Wildman–Crippen MR) is 271 cm³/mol. The van der Waals surface area contributed by atoms with E-state index in [0.29, 0.717) is 0 Å². The highest BCUT2D eigenvalue weighted by molar-refractivity contribution is 6.30. The van der Waals surface area contributed by atoms with Crippen LogP contribution < -0.4 is 0 Å². The van der Waals surface area contributed by atoms with Gasteiger partial charge in [0.1, 0.15) is 0 Å². The first-order valence-corrected chi connectivity index (χ1v) is 21.8. The van der Waals surface area contributed by atoms with Gasteiger partial charge < -0.3 is 9.13 Å². The summed E-state index contributed by atoms with van der Waals surface area (Å²) in [7, 11) is 0. The minimum absolute atomic E-state index is 1.15. The number of hydrogen-bond donors (Lipinski definition) is 0. The molecular weight excluding hydrogens is 761 g/mol. The molecule has 2 aromatic heterocycles. The van der Waals surface area contributed by atoms with Gasteiger partial charge in [0.2, 0.25) is 0 Å². The predicted octanol–water partition coefficient (Wildman–Crippen LogP) is 16.8. The first-order chi connectivity index (χ1) is 31.2. The SMILES string of the molecule is C=C/C=C\c1ccc2c3cccc(-c4ccc5ccc6c(-c7cccc8c9ccc%10ccccc%10c9n(-c9ccccc9)c78)ccc7ccc4c5c76)c3n(-c3ccccc3)c2c1C. The molecule has 294 valence electrons. The lowest BCUT2D eigenvalue weighted by Crippen LogP contribution is -1.98. The third kappa shape index (κ3) is 5.07. The third-order valence-corrected chi connectivity index (χ3v) is 13.6. The summed E-state index contributed by atoms with van der Waals surface area (Å²) in [5.74, 6) is 0. The molecular formula is C61H40N2. The van der Waals surface area contributed by atoms with Crippen LogP contribution >= 0.6 is 0 Å². The maximum absolute atomic E-state index is 3.94. The van der Waals surface area contributed by atoms with Crippen LogP contribution in [0.3, 0.4) is 0 Å². The van der Waals surface area contributed by atoms with Gasteiger partial charge in [0.05, 0.1) is 22.1 Å². The van der Waals surface area contributed by atoms with Crippen molar-refractivity contribution in [2.24, 2.45) is 0 Å². The summed E-state index contributed by atoms with van der Waals surface area (Å²) in [5.41, 5.74) is 14.6. The lowest BCUT2D eigenvalue weighted by Gasteiger charge is -2.19. The molecule has 0 aliphatic rings. The van der Waals surface area contributed by atoms with Crippen LogP contribution in [-0.4, -0.2) is 9.13 Å². The molecule has 0 aliphatic heterocycles. The van der Waals surface area contributed by atoms with Gasteiger partial charge in [-0.05, 0) is 91.1 Å². The summed E-state index contributed by atoms with van der Waals surface area (Å²) < 4.78 is 5.00. The maximum atomic E-state index is 3.94. The monoisotopic (exact) mass is 800 g/mol. The summed E-state index contributed by atoms with van der Waals surface area (Å²) in [5, 5.41) is 15.1. The van der Waals surface area contributed by atoms with Gasteiger partial charge in [-0.3, -0.25) is 0 Å². The van der Waals surface area contributed by atoms with E-state index in [-0.39, 0.29) is 0 Å². The number of aryl methyl sites for hydroxylation is 1. The summed E-state index contributed by atoms with van der Waals surface area (Å²) in [6.07, 6.45) is 6.03. The van der Waals surface area contributed by atoms with E-state index >= 15 is 0 Å². The van der Waals surface area contributed by atoms with E-state index in [1.54, 1.807) is 0 Å². The fourth-order valence-corrected chi connectivity index (χ4v) is 10.9. The molecule has 0 spiro atoms. The number of para-hydroxylation sites is 4. The highest BCUT2D eigenvalue weighted by Gasteiger charge is 2.23. The summed E-state index contributed by atoms with van der Waals surface area (Å²) >= 11 is 0. The van der Waals surface area contributed by atoms with Crippen LogP contribution in [0.2, 0.25) is 0 Å². The van der Waals surface area contributed by atoms with E-state index in [9.17, 15) is 0 Å². The quantitative estimate of drug-likeness (QED) is 0.117. The van der Waals surface area contributed by atoms with Gasteiger partial charge in [-0.1, -0.05) is 195 Å². The second-order valence-electron chi connectivity index (χ2n) is 16.8. The number of allylic oxidation sites excluding steroid dienone is 2. The fraction of sp³-hybridized carbons (Fsp3) is 0.0164. The molecule has 0 saturated carbocycles. The van der Waals surface area contributed by atoms with E-state index in [2.05, 4.69) is 223 Å². The van der Waals surface area contributed by atoms with Gasteiger partial charge in [-0.15, -0.1) is 0 Å². The molecule has 13 aromatic rings. The van der Waals surface area contributed by atoms with Crippen LogP contribution in [0.15, 0.2) is 213 Å². The van der Waals surface area contributed by atoms with Crippen molar-refractivity contribution in [1.82, 2.24) is 9.13 Å². The lowest BCUT2D eigenvalue weighted by atomic mass is 9.86. The molecule has 0 unspecified atom stereocenters. The standard InChI is InChI=1S/C61H40N2/c1-3-4-15-39-26-36-54-52-24-13-22-50(60(52)62(58(54)38(39)2)43-17-7-5-8-18-43)46-32-28-41-31-35-49-47(33-29-42-30-34-48(46)56(41)57(42)49)51-23-14-25-53-55-37-27-40-16-11-12-21-45(40)59(55)63(61(51)53)44-19-9-6-10-20-44/h3-37H,1H2,2H3/b15-4-. The minimum atomic E-state index is 1.15. The Morgan fingerprint density at radius 2 is 0.810 bits per heavy atom. The Kier molecular flexibility index (Phi) is 7.71. The van der Waals surface area contributed by atoms with Gasteiger partial charge >= 0.3 is 0 Å². The van der Waals surface area contributed by atoms with E-state index < -0.39 is 0 Å². The van der Waals surface area contributed by atoms with Crippen molar-refractivity contribution in [3.63, 3.8) is 0 Å². The van der Waals surface area contributed by atoms with E-state index in [0.717, 1.165) is 11.4 Å². The van der Waals surface area contributed by atoms with Crippen molar-refractivity contribution >= 4 is 92.8 Å². The van der Waals surface area contributed by atoms with Crippen LogP contribution in [0.1, 0.15) is 11.1 Å². The number of rotatable bonds is 6. The molecule has 13 rings (SSSR count). The Labute approximate surface area is 364 Å². The molecule has 0 amide bonds. The zero-order valence-corrected chi connectivity index (χ0v) is 34.8.